The topological polar surface area (TPSA) is 46.5 Å². The highest BCUT2D eigenvalue weighted by Gasteiger charge is 2.04. The molecule has 4 heteroatoms. The van der Waals surface area contributed by atoms with Crippen LogP contribution >= 0.6 is 17.0 Å². The zero-order valence-corrected chi connectivity index (χ0v) is 8.90. The molecule has 0 radical (unpaired) electrons. The van der Waals surface area contributed by atoms with Gasteiger partial charge in [0.05, 0.1) is 12.2 Å². The second-order valence-electron chi connectivity index (χ2n) is 2.27. The summed E-state index contributed by atoms with van der Waals surface area (Å²) in [6.07, 6.45) is 0. The van der Waals surface area contributed by atoms with Crippen molar-refractivity contribution in [3.8, 4) is 5.75 Å². The van der Waals surface area contributed by atoms with E-state index in [1.165, 1.54) is 24.3 Å². The number of benzene rings is 1. The van der Waals surface area contributed by atoms with Crippen molar-refractivity contribution in [1.29, 1.82) is 0 Å². The molecular weight excluding hydrogens is 236 g/mol. The molecule has 0 heterocycles. The Bertz CT molecular complexity index is 269. The van der Waals surface area contributed by atoms with E-state index in [0.717, 1.165) is 0 Å². The lowest BCUT2D eigenvalue weighted by Gasteiger charge is -2.00. The number of aromatic hydroxyl groups is 1. The predicted octanol–water partition coefficient (Wildman–Crippen LogP) is 2.15. The molecule has 3 nitrogen and oxygen atoms in total. The van der Waals surface area contributed by atoms with Crippen LogP contribution in [0.5, 0.6) is 5.75 Å². The number of esters is 1. The van der Waals surface area contributed by atoms with Gasteiger partial charge in [-0.3, -0.25) is 0 Å². The minimum Gasteiger partial charge on any atom is -0.508 e. The molecule has 0 amide bonds. The highest BCUT2D eigenvalue weighted by atomic mass is 79.9. The van der Waals surface area contributed by atoms with Gasteiger partial charge in [-0.15, -0.1) is 17.0 Å². The van der Waals surface area contributed by atoms with Crippen molar-refractivity contribution < 1.29 is 14.6 Å². The number of carbonyl (C=O) groups is 1. The minimum atomic E-state index is -0.363. The molecule has 0 aliphatic rings. The summed E-state index contributed by atoms with van der Waals surface area (Å²) >= 11 is 0. The lowest BCUT2D eigenvalue weighted by atomic mass is 10.2. The van der Waals surface area contributed by atoms with E-state index in [2.05, 4.69) is 0 Å². The van der Waals surface area contributed by atoms with E-state index in [1.54, 1.807) is 6.92 Å². The van der Waals surface area contributed by atoms with Gasteiger partial charge in [0, 0.05) is 0 Å². The summed E-state index contributed by atoms with van der Waals surface area (Å²) in [4.78, 5) is 11.1. The molecule has 13 heavy (non-hydrogen) atoms. The second kappa shape index (κ2) is 5.59. The minimum absolute atomic E-state index is 0. The van der Waals surface area contributed by atoms with Crippen molar-refractivity contribution in [2.45, 2.75) is 6.92 Å². The van der Waals surface area contributed by atoms with Crippen molar-refractivity contribution >= 4 is 23.0 Å². The Morgan fingerprint density at radius 3 is 2.38 bits per heavy atom. The summed E-state index contributed by atoms with van der Waals surface area (Å²) in [5, 5.41) is 8.92. The Kier molecular flexibility index (Phi) is 5.14. The van der Waals surface area contributed by atoms with Gasteiger partial charge in [0.1, 0.15) is 5.75 Å². The molecule has 0 atom stereocenters. The monoisotopic (exact) mass is 246 g/mol. The zero-order chi connectivity index (χ0) is 8.97. The van der Waals surface area contributed by atoms with Gasteiger partial charge in [0.2, 0.25) is 0 Å². The Morgan fingerprint density at radius 1 is 1.38 bits per heavy atom. The van der Waals surface area contributed by atoms with E-state index in [4.69, 9.17) is 9.84 Å². The van der Waals surface area contributed by atoms with Crippen molar-refractivity contribution in [3.63, 3.8) is 0 Å². The third-order valence-corrected chi connectivity index (χ3v) is 1.38. The molecule has 1 aromatic carbocycles. The Morgan fingerprint density at radius 2 is 1.92 bits per heavy atom. The van der Waals surface area contributed by atoms with Crippen LogP contribution in [0.2, 0.25) is 0 Å². The average molecular weight is 247 g/mol. The van der Waals surface area contributed by atoms with Crippen molar-refractivity contribution in [2.75, 3.05) is 6.61 Å². The molecule has 0 aliphatic heterocycles. The standard InChI is InChI=1S/C9H10O3.BrH/c1-2-12-9(11)7-3-5-8(10)6-4-7;/h3-6,10H,2H2,1H3;1H. The molecule has 0 fully saturated rings. The maximum Gasteiger partial charge on any atom is 0.338 e. The fraction of sp³-hybridized carbons (Fsp3) is 0.222. The number of phenolic OH excluding ortho intramolecular Hbond substituents is 1. The molecule has 0 spiro atoms. The largest absolute Gasteiger partial charge is 0.508 e. The first-order valence-electron chi connectivity index (χ1n) is 3.70. The number of rotatable bonds is 2. The third-order valence-electron chi connectivity index (χ3n) is 1.38. The molecule has 1 aromatic rings. The fourth-order valence-corrected chi connectivity index (χ4v) is 0.812. The van der Waals surface area contributed by atoms with E-state index >= 15 is 0 Å². The first-order chi connectivity index (χ1) is 5.74. The average Bonchev–Trinajstić information content (AvgIpc) is 2.06. The number of hydrogen-bond acceptors (Lipinski definition) is 3. The van der Waals surface area contributed by atoms with Gasteiger partial charge >= 0.3 is 5.97 Å². The number of hydrogen-bond donors (Lipinski definition) is 1. The van der Waals surface area contributed by atoms with Crippen LogP contribution in [0.3, 0.4) is 0 Å². The van der Waals surface area contributed by atoms with Crippen LogP contribution in [0.4, 0.5) is 0 Å². The molecule has 1 N–H and O–H groups in total. The maximum absolute atomic E-state index is 11.1. The van der Waals surface area contributed by atoms with Gasteiger partial charge in [0.25, 0.3) is 0 Å². The maximum atomic E-state index is 11.1. The molecule has 1 rings (SSSR count). The second-order valence-corrected chi connectivity index (χ2v) is 2.27. The summed E-state index contributed by atoms with van der Waals surface area (Å²) < 4.78 is 4.75. The number of phenols is 1. The molecular formula is C9H11BrO3. The summed E-state index contributed by atoms with van der Waals surface area (Å²) in [6.45, 7) is 2.11. The first-order valence-corrected chi connectivity index (χ1v) is 3.70. The van der Waals surface area contributed by atoms with Gasteiger partial charge in [-0.25, -0.2) is 4.79 Å². The fourth-order valence-electron chi connectivity index (χ4n) is 0.812. The number of carbonyl (C=O) groups excluding carboxylic acids is 1. The van der Waals surface area contributed by atoms with Gasteiger partial charge < -0.3 is 9.84 Å². The van der Waals surface area contributed by atoms with E-state index in [0.29, 0.717) is 12.2 Å². The Hall–Kier alpha value is -1.03. The highest BCUT2D eigenvalue weighted by Crippen LogP contribution is 2.10. The Labute approximate surface area is 87.1 Å². The predicted molar refractivity (Wildman–Crippen MR) is 54.4 cm³/mol. The molecule has 0 bridgehead atoms. The zero-order valence-electron chi connectivity index (χ0n) is 7.19. The summed E-state index contributed by atoms with van der Waals surface area (Å²) in [7, 11) is 0. The van der Waals surface area contributed by atoms with Crippen LogP contribution in [-0.4, -0.2) is 17.7 Å². The molecule has 0 saturated carbocycles. The van der Waals surface area contributed by atoms with Crippen LogP contribution < -0.4 is 0 Å². The van der Waals surface area contributed by atoms with E-state index < -0.39 is 0 Å². The third kappa shape index (κ3) is 3.46. The summed E-state index contributed by atoms with van der Waals surface area (Å²) in [6, 6.07) is 5.94. The van der Waals surface area contributed by atoms with Crippen molar-refractivity contribution in [2.24, 2.45) is 0 Å². The number of halogens is 1. The van der Waals surface area contributed by atoms with Gasteiger partial charge in [0.15, 0.2) is 0 Å². The number of ether oxygens (including phenoxy) is 1. The SMILES string of the molecule is Br.CCOC(=O)c1ccc(O)cc1. The lowest BCUT2D eigenvalue weighted by Crippen LogP contribution is -2.03. The normalized spacial score (nSPS) is 8.69. The van der Waals surface area contributed by atoms with E-state index in [9.17, 15) is 4.79 Å². The molecule has 0 aliphatic carbocycles. The lowest BCUT2D eigenvalue weighted by molar-refractivity contribution is 0.0526. The van der Waals surface area contributed by atoms with E-state index in [-0.39, 0.29) is 28.7 Å². The quantitative estimate of drug-likeness (QED) is 0.814. The van der Waals surface area contributed by atoms with Crippen molar-refractivity contribution in [1.82, 2.24) is 0 Å². The molecule has 0 saturated heterocycles. The molecule has 72 valence electrons. The van der Waals surface area contributed by atoms with Crippen molar-refractivity contribution in [3.05, 3.63) is 29.8 Å². The van der Waals surface area contributed by atoms with Gasteiger partial charge in [-0.1, -0.05) is 0 Å². The highest BCUT2D eigenvalue weighted by molar-refractivity contribution is 8.93. The van der Waals surface area contributed by atoms with Crippen LogP contribution in [0.25, 0.3) is 0 Å². The van der Waals surface area contributed by atoms with Crippen LogP contribution in [0, 0.1) is 0 Å². The van der Waals surface area contributed by atoms with E-state index in [1.807, 2.05) is 0 Å². The van der Waals surface area contributed by atoms with Crippen LogP contribution in [0.15, 0.2) is 24.3 Å². The van der Waals surface area contributed by atoms with Crippen LogP contribution in [0.1, 0.15) is 17.3 Å². The smallest absolute Gasteiger partial charge is 0.338 e. The summed E-state index contributed by atoms with van der Waals surface area (Å²) in [5.74, 6) is -0.222. The van der Waals surface area contributed by atoms with Gasteiger partial charge in [-0.2, -0.15) is 0 Å². The molecule has 0 unspecified atom stereocenters. The first kappa shape index (κ1) is 12.0. The molecule has 0 aromatic heterocycles. The van der Waals surface area contributed by atoms with Crippen LogP contribution in [-0.2, 0) is 4.74 Å². The summed E-state index contributed by atoms with van der Waals surface area (Å²) in [5.41, 5.74) is 0.453. The van der Waals surface area contributed by atoms with Gasteiger partial charge in [-0.05, 0) is 31.2 Å². The Balaban J connectivity index is 0.00000144.